The van der Waals surface area contributed by atoms with Crippen LogP contribution in [-0.4, -0.2) is 41.4 Å². The Morgan fingerprint density at radius 3 is 2.45 bits per heavy atom. The Labute approximate surface area is 176 Å². The molecule has 0 bridgehead atoms. The molecule has 2 heterocycles. The zero-order valence-corrected chi connectivity index (χ0v) is 16.8. The highest BCUT2D eigenvalue weighted by atomic mass is 19.1. The molecule has 2 aliphatic heterocycles. The van der Waals surface area contributed by atoms with Crippen LogP contribution >= 0.6 is 0 Å². The number of nitrogens with one attached hydrogen (secondary N) is 1. The lowest BCUT2D eigenvalue weighted by Crippen LogP contribution is -2.43. The van der Waals surface area contributed by atoms with Crippen LogP contribution in [0.15, 0.2) is 52.8 Å². The molecule has 2 aromatic rings. The maximum Gasteiger partial charge on any atom is 0.263 e. The van der Waals surface area contributed by atoms with Crippen molar-refractivity contribution in [2.24, 2.45) is 10.3 Å². The zero-order valence-electron chi connectivity index (χ0n) is 16.8. The van der Waals surface area contributed by atoms with Crippen LogP contribution in [0.25, 0.3) is 0 Å². The normalized spacial score (nSPS) is 20.0. The lowest BCUT2D eigenvalue weighted by Gasteiger charge is -2.20. The van der Waals surface area contributed by atoms with Gasteiger partial charge in [-0.25, -0.2) is 13.7 Å². The average Bonchev–Trinajstić information content (AvgIpc) is 3.24. The van der Waals surface area contributed by atoms with Crippen molar-refractivity contribution in [2.45, 2.75) is 31.8 Å². The first-order valence-corrected chi connectivity index (χ1v) is 9.66. The summed E-state index contributed by atoms with van der Waals surface area (Å²) in [6.07, 6.45) is 0. The first kappa shape index (κ1) is 20.6. The Morgan fingerprint density at radius 2 is 1.81 bits per heavy atom. The van der Waals surface area contributed by atoms with E-state index in [1.54, 1.807) is 12.1 Å². The minimum absolute atomic E-state index is 0.209. The Morgan fingerprint density at radius 1 is 1.10 bits per heavy atom. The Bertz CT molecular complexity index is 1090. The van der Waals surface area contributed by atoms with Gasteiger partial charge in [-0.05, 0) is 35.7 Å². The van der Waals surface area contributed by atoms with Gasteiger partial charge < -0.3 is 5.32 Å². The number of imide groups is 1. The van der Waals surface area contributed by atoms with Gasteiger partial charge >= 0.3 is 0 Å². The Balaban J connectivity index is 1.48. The smallest absolute Gasteiger partial charge is 0.263 e. The molecular weight excluding hydrogens is 408 g/mol. The molecule has 0 saturated carbocycles. The predicted molar refractivity (Wildman–Crippen MR) is 107 cm³/mol. The number of amides is 3. The maximum atomic E-state index is 13.8. The number of fused-ring (bicyclic) bond motifs is 1. The SMILES string of the molecule is CC(C)c1ccc(N2C(=O)[C@@H]3N=NN(CC(=O)Nc4ccc(F)cc4F)[C@H]3C2=O)cc1. The van der Waals surface area contributed by atoms with Crippen LogP contribution < -0.4 is 10.2 Å². The summed E-state index contributed by atoms with van der Waals surface area (Å²) in [6.45, 7) is 3.64. The summed E-state index contributed by atoms with van der Waals surface area (Å²) in [5.74, 6) is -3.17. The van der Waals surface area contributed by atoms with Crippen molar-refractivity contribution in [1.29, 1.82) is 0 Å². The number of hydrogen-bond donors (Lipinski definition) is 1. The van der Waals surface area contributed by atoms with Gasteiger partial charge in [0.2, 0.25) is 5.91 Å². The van der Waals surface area contributed by atoms with Crippen LogP contribution in [0.4, 0.5) is 20.2 Å². The summed E-state index contributed by atoms with van der Waals surface area (Å²) in [4.78, 5) is 39.1. The van der Waals surface area contributed by atoms with E-state index in [1.807, 2.05) is 26.0 Å². The monoisotopic (exact) mass is 427 g/mol. The second-order valence-corrected chi connectivity index (χ2v) is 7.62. The van der Waals surface area contributed by atoms with E-state index in [9.17, 15) is 23.2 Å². The molecule has 31 heavy (non-hydrogen) atoms. The van der Waals surface area contributed by atoms with Crippen LogP contribution in [0, 0.1) is 11.6 Å². The molecule has 0 unspecified atom stereocenters. The largest absolute Gasteiger partial charge is 0.322 e. The van der Waals surface area contributed by atoms with Gasteiger partial charge in [0.25, 0.3) is 11.8 Å². The lowest BCUT2D eigenvalue weighted by atomic mass is 10.0. The van der Waals surface area contributed by atoms with E-state index in [2.05, 4.69) is 15.7 Å². The highest BCUT2D eigenvalue weighted by Gasteiger charge is 2.55. The van der Waals surface area contributed by atoms with Crippen molar-refractivity contribution in [3.63, 3.8) is 0 Å². The number of anilines is 2. The fraction of sp³-hybridized carbons (Fsp3) is 0.286. The minimum atomic E-state index is -1.05. The number of rotatable bonds is 5. The fourth-order valence-electron chi connectivity index (χ4n) is 3.54. The van der Waals surface area contributed by atoms with Crippen LogP contribution in [0.2, 0.25) is 0 Å². The maximum absolute atomic E-state index is 13.8. The first-order chi connectivity index (χ1) is 14.8. The molecule has 1 saturated heterocycles. The van der Waals surface area contributed by atoms with E-state index in [1.165, 1.54) is 0 Å². The Kier molecular flexibility index (Phi) is 5.22. The van der Waals surface area contributed by atoms with E-state index in [4.69, 9.17) is 0 Å². The van der Waals surface area contributed by atoms with Crippen molar-refractivity contribution in [3.8, 4) is 0 Å². The molecule has 10 heteroatoms. The lowest BCUT2D eigenvalue weighted by molar-refractivity contribution is -0.123. The van der Waals surface area contributed by atoms with E-state index < -0.39 is 48.0 Å². The van der Waals surface area contributed by atoms with Crippen molar-refractivity contribution in [2.75, 3.05) is 16.8 Å². The molecule has 0 aliphatic carbocycles. The molecule has 8 nitrogen and oxygen atoms in total. The Hall–Kier alpha value is -3.69. The third kappa shape index (κ3) is 3.76. The van der Waals surface area contributed by atoms with Crippen molar-refractivity contribution in [1.82, 2.24) is 5.01 Å². The van der Waals surface area contributed by atoms with Gasteiger partial charge in [-0.3, -0.25) is 19.4 Å². The molecule has 2 aliphatic rings. The first-order valence-electron chi connectivity index (χ1n) is 9.66. The summed E-state index contributed by atoms with van der Waals surface area (Å²) in [5.41, 5.74) is 1.27. The molecule has 2 atom stereocenters. The summed E-state index contributed by atoms with van der Waals surface area (Å²) < 4.78 is 26.8. The summed E-state index contributed by atoms with van der Waals surface area (Å²) in [7, 11) is 0. The summed E-state index contributed by atoms with van der Waals surface area (Å²) in [5, 5.41) is 11.0. The van der Waals surface area contributed by atoms with Gasteiger partial charge in [0, 0.05) is 6.07 Å². The van der Waals surface area contributed by atoms with Gasteiger partial charge in [-0.1, -0.05) is 31.2 Å². The number of halogens is 2. The summed E-state index contributed by atoms with van der Waals surface area (Å²) in [6, 6.07) is 7.71. The van der Waals surface area contributed by atoms with Gasteiger partial charge in [-0.15, -0.1) is 0 Å². The second kappa shape index (κ2) is 7.86. The molecule has 0 spiro atoms. The number of carbonyl (C=O) groups excluding carboxylic acids is 3. The third-order valence-electron chi connectivity index (χ3n) is 5.19. The van der Waals surface area contributed by atoms with E-state index in [0.717, 1.165) is 27.6 Å². The molecular formula is C21H19F2N5O3. The summed E-state index contributed by atoms with van der Waals surface area (Å²) >= 11 is 0. The fourth-order valence-corrected chi connectivity index (χ4v) is 3.54. The topological polar surface area (TPSA) is 94.4 Å². The third-order valence-corrected chi connectivity index (χ3v) is 5.19. The second-order valence-electron chi connectivity index (χ2n) is 7.62. The molecule has 1 N–H and O–H groups in total. The van der Waals surface area contributed by atoms with Gasteiger partial charge in [0.05, 0.1) is 11.4 Å². The van der Waals surface area contributed by atoms with Crippen molar-refractivity contribution in [3.05, 3.63) is 59.7 Å². The van der Waals surface area contributed by atoms with Gasteiger partial charge in [0.1, 0.15) is 18.2 Å². The molecule has 160 valence electrons. The molecule has 4 rings (SSSR count). The highest BCUT2D eigenvalue weighted by molar-refractivity contribution is 6.25. The number of benzene rings is 2. The number of hydrogen-bond acceptors (Lipinski definition) is 6. The molecule has 1 fully saturated rings. The molecule has 2 aromatic carbocycles. The molecule has 0 radical (unpaired) electrons. The van der Waals surface area contributed by atoms with Gasteiger partial charge in [-0.2, -0.15) is 5.11 Å². The van der Waals surface area contributed by atoms with E-state index in [0.29, 0.717) is 17.7 Å². The standard InChI is InChI=1S/C21H19F2N5O3/c1-11(2)12-3-6-14(7-4-12)28-20(30)18-19(21(28)31)27(26-25-18)10-17(29)24-16-8-5-13(22)9-15(16)23/h3-9,11,18-19H,10H2,1-2H3,(H,24,29)/t18-,19-/m1/s1. The van der Waals surface area contributed by atoms with Gasteiger partial charge in [0.15, 0.2) is 12.1 Å². The average molecular weight is 427 g/mol. The highest BCUT2D eigenvalue weighted by Crippen LogP contribution is 2.32. The quantitative estimate of drug-likeness (QED) is 0.743. The molecule has 0 aromatic heterocycles. The van der Waals surface area contributed by atoms with Crippen LogP contribution in [0.3, 0.4) is 0 Å². The van der Waals surface area contributed by atoms with Crippen LogP contribution in [-0.2, 0) is 14.4 Å². The van der Waals surface area contributed by atoms with Crippen molar-refractivity contribution >= 4 is 29.1 Å². The number of carbonyl (C=O) groups is 3. The zero-order chi connectivity index (χ0) is 22.3. The van der Waals surface area contributed by atoms with Crippen molar-refractivity contribution < 1.29 is 23.2 Å². The van der Waals surface area contributed by atoms with E-state index >= 15 is 0 Å². The minimum Gasteiger partial charge on any atom is -0.322 e. The van der Waals surface area contributed by atoms with E-state index in [-0.39, 0.29) is 5.69 Å². The molecule has 3 amide bonds. The predicted octanol–water partition coefficient (Wildman–Crippen LogP) is 3.02. The van der Waals surface area contributed by atoms with Crippen LogP contribution in [0.1, 0.15) is 25.3 Å². The number of nitrogens with zero attached hydrogens (tertiary/aromatic N) is 4. The van der Waals surface area contributed by atoms with Crippen LogP contribution in [0.5, 0.6) is 0 Å².